The molecule has 0 aliphatic rings. The topological polar surface area (TPSA) is 381 Å². The van der Waals surface area contributed by atoms with Gasteiger partial charge in [-0.15, -0.1) is 0 Å². The van der Waals surface area contributed by atoms with Gasteiger partial charge in [-0.05, 0) is 146 Å². The Bertz CT molecular complexity index is 3050. The van der Waals surface area contributed by atoms with Gasteiger partial charge in [0.25, 0.3) is 0 Å². The van der Waals surface area contributed by atoms with Crippen molar-refractivity contribution in [1.82, 2.24) is 0 Å². The third-order valence-electron chi connectivity index (χ3n) is 9.69. The van der Waals surface area contributed by atoms with Gasteiger partial charge >= 0.3 is 172 Å². The van der Waals surface area contributed by atoms with E-state index in [4.69, 9.17) is 75.9 Å². The van der Waals surface area contributed by atoms with Crippen LogP contribution in [-0.2, 0) is 108 Å². The summed E-state index contributed by atoms with van der Waals surface area (Å²) >= 11 is -19.1. The Labute approximate surface area is 506 Å². The van der Waals surface area contributed by atoms with Gasteiger partial charge in [0, 0.05) is 41.5 Å². The second-order valence-corrected chi connectivity index (χ2v) is 33.7. The second kappa shape index (κ2) is 34.6. The third kappa shape index (κ3) is 33.2. The van der Waals surface area contributed by atoms with Crippen LogP contribution < -0.4 is 68.6 Å². The molecule has 0 saturated carbocycles. The van der Waals surface area contributed by atoms with Gasteiger partial charge in [-0.1, -0.05) is 0 Å². The molecule has 0 spiro atoms. The first kappa shape index (κ1) is 76.5. The Morgan fingerprint density at radius 2 is 0.393 bits per heavy atom. The van der Waals surface area contributed by atoms with Crippen molar-refractivity contribution in [2.45, 2.75) is 41.5 Å². The van der Waals surface area contributed by atoms with Gasteiger partial charge in [0.1, 0.15) is 80.8 Å². The SMILES string of the molecule is CC(=O)Oc1ccc([P+](C)(c2ccc(OC(C)=O)cc2)c2ccc(OC(C)=O)cc2)cc1.CC(=O)Oc1ccc([P+](C)(c2ccc(OC(C)=O)cc2)c2ccc(OC(C)=O)cc2)cc1.[O]=[Mn](=[O])([O-])[Cl].[O]=[Mn](=[O])([O-])[Cl].[O]=[Mn](=[O])([OH])[Cl].[O]=[Mn](=[O])([OH])[Cl]. The van der Waals surface area contributed by atoms with E-state index in [-0.39, 0.29) is 35.8 Å². The van der Waals surface area contributed by atoms with E-state index >= 15 is 0 Å². The average molecular weight is 1460 g/mol. The Kier molecular flexibility index (Phi) is 31.5. The van der Waals surface area contributed by atoms with E-state index in [0.717, 1.165) is 31.8 Å². The summed E-state index contributed by atoms with van der Waals surface area (Å²) in [6.07, 6.45) is 0. The number of hydrogen-bond donors (Lipinski definition) is 2. The number of benzene rings is 6. The number of esters is 6. The molecule has 0 aliphatic carbocycles. The molecule has 24 nitrogen and oxygen atoms in total. The van der Waals surface area contributed by atoms with E-state index in [0.29, 0.717) is 34.5 Å². The molecule has 84 heavy (non-hydrogen) atoms. The molecule has 0 unspecified atom stereocenters. The van der Waals surface area contributed by atoms with Crippen molar-refractivity contribution in [1.29, 1.82) is 0 Å². The molecule has 6 aromatic carbocycles. The predicted octanol–water partition coefficient (Wildman–Crippen LogP) is 5.08. The van der Waals surface area contributed by atoms with Crippen LogP contribution in [0.1, 0.15) is 41.5 Å². The summed E-state index contributed by atoms with van der Waals surface area (Å²) in [5, 5.41) is 6.38. The third-order valence-corrected chi connectivity index (χ3v) is 17.7. The van der Waals surface area contributed by atoms with E-state index < -0.39 is 63.0 Å². The fourth-order valence-corrected chi connectivity index (χ4v) is 13.0. The van der Waals surface area contributed by atoms with Gasteiger partial charge in [0.15, 0.2) is 0 Å². The summed E-state index contributed by atoms with van der Waals surface area (Å²) in [5.41, 5.74) is 0. The zero-order valence-electron chi connectivity index (χ0n) is 44.7. The molecule has 0 aromatic heterocycles. The molecule has 6 rings (SSSR count). The molecule has 0 amide bonds. The summed E-state index contributed by atoms with van der Waals surface area (Å²) in [6.45, 7) is 12.5. The molecule has 0 fully saturated rings. The van der Waals surface area contributed by atoms with Crippen molar-refractivity contribution in [3.8, 4) is 34.5 Å². The number of halogens is 4. The summed E-state index contributed by atoms with van der Waals surface area (Å²) in [7, 11) is 12.0. The zero-order valence-corrected chi connectivity index (χ0v) is 54.2. The normalized spacial score (nSPS) is 11.0. The second-order valence-electron chi connectivity index (χ2n) is 16.0. The van der Waals surface area contributed by atoms with Crippen molar-refractivity contribution >= 4 is 123 Å². The Hall–Kier alpha value is -5.52. The molecule has 2 N–H and O–H groups in total. The van der Waals surface area contributed by atoms with Crippen molar-refractivity contribution in [2.75, 3.05) is 13.3 Å². The van der Waals surface area contributed by atoms with Crippen molar-refractivity contribution in [2.24, 2.45) is 0 Å². The van der Waals surface area contributed by atoms with Crippen LogP contribution in [0.25, 0.3) is 0 Å². The monoisotopic (exact) mass is 1460 g/mol. The fourth-order valence-electron chi connectivity index (χ4n) is 6.76. The van der Waals surface area contributed by atoms with Crippen LogP contribution in [0.4, 0.5) is 0 Å². The van der Waals surface area contributed by atoms with Gasteiger partial charge in [0.05, 0.1) is 13.3 Å². The van der Waals surface area contributed by atoms with Crippen LogP contribution in [0, 0.1) is 0 Å². The fraction of sp³-hybridized carbons (Fsp3) is 0.160. The van der Waals surface area contributed by atoms with Crippen LogP contribution in [0.15, 0.2) is 146 Å². The van der Waals surface area contributed by atoms with Gasteiger partial charge in [0.2, 0.25) is 0 Å². The molecule has 0 saturated heterocycles. The number of rotatable bonds is 12. The van der Waals surface area contributed by atoms with Gasteiger partial charge in [-0.2, -0.15) is 0 Å². The molecule has 460 valence electrons. The van der Waals surface area contributed by atoms with Crippen molar-refractivity contribution < 1.29 is 153 Å². The minimum absolute atomic E-state index is 0.377. The zero-order chi connectivity index (χ0) is 64.6. The number of carbonyl (C=O) groups is 6. The van der Waals surface area contributed by atoms with Crippen LogP contribution in [0.2, 0.25) is 0 Å². The molecular formula is C50H50Cl4Mn4O24P2. The van der Waals surface area contributed by atoms with Crippen LogP contribution in [0.3, 0.4) is 0 Å². The number of carbonyl (C=O) groups excluding carboxylic acids is 6. The van der Waals surface area contributed by atoms with Crippen LogP contribution >= 0.6 is 54.9 Å². The van der Waals surface area contributed by atoms with Gasteiger partial charge in [-0.3, -0.25) is 28.8 Å². The van der Waals surface area contributed by atoms with E-state index in [1.54, 1.807) is 72.8 Å². The van der Waals surface area contributed by atoms with Crippen LogP contribution in [-0.4, -0.2) is 57.5 Å². The van der Waals surface area contributed by atoms with Gasteiger partial charge < -0.3 is 28.4 Å². The van der Waals surface area contributed by atoms with E-state index in [1.807, 2.05) is 72.8 Å². The maximum atomic E-state index is 11.3. The molecule has 34 heteroatoms. The molecule has 0 aliphatic heterocycles. The summed E-state index contributed by atoms with van der Waals surface area (Å²) in [4.78, 5) is 67.6. The summed E-state index contributed by atoms with van der Waals surface area (Å²) in [5.74, 6) is 0.587. The minimum atomic E-state index is -4.90. The number of hydrogen-bond acceptors (Lipinski definition) is 22. The molecule has 0 heterocycles. The van der Waals surface area contributed by atoms with E-state index in [9.17, 15) is 28.8 Å². The van der Waals surface area contributed by atoms with Gasteiger partial charge in [-0.25, -0.2) is 0 Å². The molecule has 0 bridgehead atoms. The first-order valence-corrected chi connectivity index (χ1v) is 39.1. The molecule has 0 atom stereocenters. The molecule has 6 aromatic rings. The van der Waals surface area contributed by atoms with Crippen molar-refractivity contribution in [3.63, 3.8) is 0 Å². The Balaban J connectivity index is 0.000000634. The summed E-state index contributed by atoms with van der Waals surface area (Å²) in [6, 6.07) is 44.7. The average Bonchev–Trinajstić information content (AvgIpc) is 3.32. The first-order chi connectivity index (χ1) is 38.4. The number of ether oxygens (including phenoxy) is 6. The first-order valence-electron chi connectivity index (χ1n) is 22.3. The standard InChI is InChI=1S/2C25H24O6P.4ClH.4Mn.2H2O.10O/c2*1-17(26)29-20-5-11-23(12-6-20)32(4,24-13-7-21(8-14-24)30-18(2)27)25-15-9-22(10-16-25)31-19(3)28;;;;;;;;;;;;;;;;;;;;/h2*5-16H,1-4H3;4*1H;;;;;2*1H2;;;;;;;;;;/q2*+1;;;;;2*+1;2*+2;;;;;;;;;;;2*-1/p-6. The Morgan fingerprint density at radius 3 is 0.464 bits per heavy atom. The Morgan fingerprint density at radius 1 is 0.310 bits per heavy atom. The van der Waals surface area contributed by atoms with E-state index in [2.05, 4.69) is 53.7 Å². The molecule has 0 radical (unpaired) electrons. The van der Waals surface area contributed by atoms with E-state index in [1.165, 1.54) is 41.5 Å². The maximum absolute atomic E-state index is 11.3. The quantitative estimate of drug-likeness (QED) is 0.0698. The summed E-state index contributed by atoms with van der Waals surface area (Å²) < 4.78 is 135. The predicted molar refractivity (Wildman–Crippen MR) is 283 cm³/mol. The van der Waals surface area contributed by atoms with Crippen molar-refractivity contribution in [3.05, 3.63) is 146 Å². The molecular weight excluding hydrogens is 1410 g/mol. The van der Waals surface area contributed by atoms with Crippen LogP contribution in [0.5, 0.6) is 34.5 Å².